The maximum atomic E-state index is 12.8. The summed E-state index contributed by atoms with van der Waals surface area (Å²) in [5, 5.41) is 6.42. The molecule has 0 radical (unpaired) electrons. The van der Waals surface area contributed by atoms with E-state index in [9.17, 15) is 4.79 Å². The number of carbonyl (C=O) groups is 1. The minimum atomic E-state index is -0.169. The molecule has 0 spiro atoms. The number of nitrogens with zero attached hydrogens (tertiary/aromatic N) is 3. The lowest BCUT2D eigenvalue weighted by Gasteiger charge is -2.30. The number of halogens is 1. The number of benzene rings is 3. The van der Waals surface area contributed by atoms with Crippen molar-refractivity contribution in [3.63, 3.8) is 0 Å². The van der Waals surface area contributed by atoms with E-state index >= 15 is 0 Å². The lowest BCUT2D eigenvalue weighted by Crippen LogP contribution is -2.36. The molecule has 0 saturated carbocycles. The number of aryl methyl sites for hydroxylation is 1. The highest BCUT2D eigenvalue weighted by Gasteiger charge is 2.17. The van der Waals surface area contributed by atoms with E-state index in [4.69, 9.17) is 9.72 Å². The smallest absolute Gasteiger partial charge is 0.255 e. The molecule has 33 heavy (non-hydrogen) atoms. The van der Waals surface area contributed by atoms with Crippen molar-refractivity contribution in [2.75, 3.05) is 41.8 Å². The summed E-state index contributed by atoms with van der Waals surface area (Å²) in [4.78, 5) is 19.9. The Balaban J connectivity index is 1.40. The van der Waals surface area contributed by atoms with Crippen molar-refractivity contribution < 1.29 is 9.53 Å². The second-order valence-electron chi connectivity index (χ2n) is 7.90. The summed E-state index contributed by atoms with van der Waals surface area (Å²) in [6.45, 7) is 3.17. The molecule has 8 heteroatoms. The molecule has 2 heterocycles. The van der Waals surface area contributed by atoms with E-state index < -0.39 is 0 Å². The summed E-state index contributed by atoms with van der Waals surface area (Å²) in [6, 6.07) is 21.3. The fourth-order valence-electron chi connectivity index (χ4n) is 3.97. The number of hydrogen-bond donors (Lipinski definition) is 2. The summed E-state index contributed by atoms with van der Waals surface area (Å²) in [5.41, 5.74) is 5.12. The molecule has 1 aliphatic heterocycles. The number of imidazole rings is 1. The van der Waals surface area contributed by atoms with Crippen molar-refractivity contribution in [2.24, 2.45) is 7.05 Å². The molecule has 1 saturated heterocycles. The first kappa shape index (κ1) is 21.5. The van der Waals surface area contributed by atoms with Crippen LogP contribution in [0.1, 0.15) is 10.4 Å². The molecule has 5 rings (SSSR count). The van der Waals surface area contributed by atoms with Gasteiger partial charge >= 0.3 is 0 Å². The predicted molar refractivity (Wildman–Crippen MR) is 136 cm³/mol. The maximum Gasteiger partial charge on any atom is 0.255 e. The van der Waals surface area contributed by atoms with Gasteiger partial charge in [-0.25, -0.2) is 4.98 Å². The molecular weight excluding hydrogens is 482 g/mol. The molecule has 1 aromatic heterocycles. The van der Waals surface area contributed by atoms with Gasteiger partial charge in [-0.3, -0.25) is 4.79 Å². The largest absolute Gasteiger partial charge is 0.378 e. The molecule has 2 N–H and O–H groups in total. The summed E-state index contributed by atoms with van der Waals surface area (Å²) < 4.78 is 8.46. The quantitative estimate of drug-likeness (QED) is 0.391. The highest BCUT2D eigenvalue weighted by molar-refractivity contribution is 9.10. The van der Waals surface area contributed by atoms with E-state index in [-0.39, 0.29) is 5.91 Å². The summed E-state index contributed by atoms with van der Waals surface area (Å²) in [5.74, 6) is 0.549. The Hall–Kier alpha value is -3.36. The van der Waals surface area contributed by atoms with Gasteiger partial charge in [-0.1, -0.05) is 28.1 Å². The number of carbonyl (C=O) groups excluding carboxylic acids is 1. The van der Waals surface area contributed by atoms with Crippen LogP contribution in [0.3, 0.4) is 0 Å². The Bertz CT molecular complexity index is 1300. The highest BCUT2D eigenvalue weighted by Crippen LogP contribution is 2.30. The Morgan fingerprint density at radius 2 is 1.79 bits per heavy atom. The van der Waals surface area contributed by atoms with Crippen molar-refractivity contribution in [3.05, 3.63) is 76.8 Å². The van der Waals surface area contributed by atoms with Gasteiger partial charge in [0.1, 0.15) is 0 Å². The Labute approximate surface area is 200 Å². The predicted octanol–water partition coefficient (Wildman–Crippen LogP) is 5.17. The number of amides is 1. The third kappa shape index (κ3) is 4.58. The third-order valence-electron chi connectivity index (χ3n) is 5.75. The molecule has 0 aliphatic carbocycles. The number of para-hydroxylation sites is 2. The van der Waals surface area contributed by atoms with Gasteiger partial charge in [-0.2, -0.15) is 0 Å². The molecular formula is C25H24BrN5O2. The van der Waals surface area contributed by atoms with Crippen molar-refractivity contribution in [1.29, 1.82) is 0 Å². The van der Waals surface area contributed by atoms with Crippen LogP contribution in [-0.4, -0.2) is 41.8 Å². The van der Waals surface area contributed by atoms with E-state index in [1.54, 1.807) is 0 Å². The fourth-order valence-corrected chi connectivity index (χ4v) is 4.23. The molecule has 0 bridgehead atoms. The van der Waals surface area contributed by atoms with Crippen LogP contribution < -0.4 is 15.5 Å². The monoisotopic (exact) mass is 505 g/mol. The van der Waals surface area contributed by atoms with E-state index in [0.29, 0.717) is 5.56 Å². The maximum absolute atomic E-state index is 12.8. The van der Waals surface area contributed by atoms with Gasteiger partial charge in [0.2, 0.25) is 5.95 Å². The first-order chi connectivity index (χ1) is 16.1. The molecule has 1 amide bonds. The van der Waals surface area contributed by atoms with Crippen molar-refractivity contribution >= 4 is 55.9 Å². The number of aromatic nitrogens is 2. The number of nitrogens with one attached hydrogen (secondary N) is 2. The van der Waals surface area contributed by atoms with E-state index in [0.717, 1.165) is 64.8 Å². The van der Waals surface area contributed by atoms with Gasteiger partial charge in [0, 0.05) is 35.9 Å². The highest BCUT2D eigenvalue weighted by atomic mass is 79.9. The van der Waals surface area contributed by atoms with E-state index in [1.165, 1.54) is 0 Å². The van der Waals surface area contributed by atoms with Crippen LogP contribution in [0.4, 0.5) is 23.0 Å². The van der Waals surface area contributed by atoms with Crippen LogP contribution in [0, 0.1) is 0 Å². The molecule has 3 aromatic carbocycles. The molecule has 168 valence electrons. The zero-order valence-corrected chi connectivity index (χ0v) is 19.8. The Morgan fingerprint density at radius 3 is 2.58 bits per heavy atom. The average molecular weight is 506 g/mol. The number of fused-ring (bicyclic) bond motifs is 1. The fraction of sp³-hybridized carbons (Fsp3) is 0.200. The molecule has 0 atom stereocenters. The summed E-state index contributed by atoms with van der Waals surface area (Å²) in [6.07, 6.45) is 0. The van der Waals surface area contributed by atoms with Gasteiger partial charge in [-0.05, 0) is 54.6 Å². The minimum Gasteiger partial charge on any atom is -0.378 e. The third-order valence-corrected chi connectivity index (χ3v) is 6.28. The topological polar surface area (TPSA) is 71.4 Å². The molecule has 1 fully saturated rings. The zero-order valence-electron chi connectivity index (χ0n) is 18.2. The van der Waals surface area contributed by atoms with Crippen LogP contribution >= 0.6 is 15.9 Å². The van der Waals surface area contributed by atoms with Crippen LogP contribution in [0.2, 0.25) is 0 Å². The second kappa shape index (κ2) is 9.25. The lowest BCUT2D eigenvalue weighted by atomic mass is 10.2. The first-order valence-corrected chi connectivity index (χ1v) is 11.6. The SMILES string of the molecule is Cn1c(Nc2ccccc2N2CCOCC2)nc2cc(C(=O)Nc3ccc(Br)cc3)ccc21. The van der Waals surface area contributed by atoms with Gasteiger partial charge in [0.15, 0.2) is 0 Å². The number of anilines is 4. The number of hydrogen-bond acceptors (Lipinski definition) is 5. The second-order valence-corrected chi connectivity index (χ2v) is 8.82. The molecule has 7 nitrogen and oxygen atoms in total. The number of ether oxygens (including phenoxy) is 1. The Morgan fingerprint density at radius 1 is 1.03 bits per heavy atom. The van der Waals surface area contributed by atoms with Crippen LogP contribution in [-0.2, 0) is 11.8 Å². The van der Waals surface area contributed by atoms with Crippen molar-refractivity contribution in [2.45, 2.75) is 0 Å². The summed E-state index contributed by atoms with van der Waals surface area (Å²) in [7, 11) is 1.97. The normalized spacial score (nSPS) is 13.8. The van der Waals surface area contributed by atoms with Crippen LogP contribution in [0.15, 0.2) is 71.2 Å². The molecule has 4 aromatic rings. The molecule has 1 aliphatic rings. The van der Waals surface area contributed by atoms with E-state index in [1.807, 2.05) is 66.2 Å². The standard InChI is InChI=1S/C25H24BrN5O2/c1-30-22-11-6-17(24(32)27-19-9-7-18(26)8-10-19)16-21(22)29-25(30)28-20-4-2-3-5-23(20)31-12-14-33-15-13-31/h2-11,16H,12-15H2,1H3,(H,27,32)(H,28,29). The average Bonchev–Trinajstić information content (AvgIpc) is 3.16. The van der Waals surface area contributed by atoms with Gasteiger partial charge in [0.05, 0.1) is 35.6 Å². The molecule has 0 unspecified atom stereocenters. The number of morpholine rings is 1. The van der Waals surface area contributed by atoms with Gasteiger partial charge in [0.25, 0.3) is 5.91 Å². The Kier molecular flexibility index (Phi) is 6.02. The van der Waals surface area contributed by atoms with Crippen molar-refractivity contribution in [3.8, 4) is 0 Å². The van der Waals surface area contributed by atoms with Crippen LogP contribution in [0.5, 0.6) is 0 Å². The first-order valence-electron chi connectivity index (χ1n) is 10.8. The number of rotatable bonds is 5. The van der Waals surface area contributed by atoms with Crippen LogP contribution in [0.25, 0.3) is 11.0 Å². The minimum absolute atomic E-state index is 0.169. The van der Waals surface area contributed by atoms with Gasteiger partial charge in [-0.15, -0.1) is 0 Å². The zero-order chi connectivity index (χ0) is 22.8. The van der Waals surface area contributed by atoms with E-state index in [2.05, 4.69) is 43.6 Å². The van der Waals surface area contributed by atoms with Crippen molar-refractivity contribution in [1.82, 2.24) is 9.55 Å². The summed E-state index contributed by atoms with van der Waals surface area (Å²) >= 11 is 3.41. The lowest BCUT2D eigenvalue weighted by molar-refractivity contribution is 0.102. The van der Waals surface area contributed by atoms with Gasteiger partial charge < -0.3 is 24.8 Å².